The van der Waals surface area contributed by atoms with Gasteiger partial charge in [0, 0.05) is 0 Å². The lowest BCUT2D eigenvalue weighted by molar-refractivity contribution is 1.47. The van der Waals surface area contributed by atoms with Crippen molar-refractivity contribution >= 4 is 24.3 Å². The van der Waals surface area contributed by atoms with Gasteiger partial charge in [0.1, 0.15) is 0 Å². The Morgan fingerprint density at radius 2 is 0.893 bits per heavy atom. The molecule has 0 aliphatic heterocycles. The molecule has 136 valence electrons. The van der Waals surface area contributed by atoms with Gasteiger partial charge in [-0.1, -0.05) is 98.8 Å². The van der Waals surface area contributed by atoms with E-state index in [1.54, 1.807) is 0 Å². The predicted octanol–water partition coefficient (Wildman–Crippen LogP) is 6.80. The molecule has 0 atom stereocenters. The minimum atomic E-state index is 0.666. The molecule has 0 unspecified atom stereocenters. The Morgan fingerprint density at radius 1 is 0.536 bits per heavy atom. The van der Waals surface area contributed by atoms with Crippen molar-refractivity contribution in [3.8, 4) is 12.1 Å². The van der Waals surface area contributed by atoms with Crippen LogP contribution in [0.1, 0.15) is 47.2 Å². The summed E-state index contributed by atoms with van der Waals surface area (Å²) in [5.74, 6) is 0. The van der Waals surface area contributed by atoms with Crippen LogP contribution in [0.3, 0.4) is 0 Å². The van der Waals surface area contributed by atoms with Gasteiger partial charge in [0.25, 0.3) is 0 Å². The summed E-state index contributed by atoms with van der Waals surface area (Å²) in [7, 11) is 0. The summed E-state index contributed by atoms with van der Waals surface area (Å²) >= 11 is 0. The molecule has 0 bridgehead atoms. The van der Waals surface area contributed by atoms with Crippen LogP contribution in [0.2, 0.25) is 0 Å². The lowest BCUT2D eigenvalue weighted by atomic mass is 10.0. The first-order valence-corrected chi connectivity index (χ1v) is 9.24. The molecule has 28 heavy (non-hydrogen) atoms. The fraction of sp³-hybridized carbons (Fsp3) is 0.0769. The van der Waals surface area contributed by atoms with Crippen molar-refractivity contribution in [2.24, 2.45) is 0 Å². The SMILES string of the molecule is CC.N#Cc1ccccc1/C=C/c1ccc(/C=C/c2ccccc2C#N)cc1. The van der Waals surface area contributed by atoms with Gasteiger partial charge in [0.15, 0.2) is 0 Å². The van der Waals surface area contributed by atoms with Crippen molar-refractivity contribution in [2.75, 3.05) is 0 Å². The molecule has 3 aromatic rings. The van der Waals surface area contributed by atoms with Crippen molar-refractivity contribution < 1.29 is 0 Å². The molecule has 0 heterocycles. The van der Waals surface area contributed by atoms with E-state index in [9.17, 15) is 0 Å². The highest BCUT2D eigenvalue weighted by atomic mass is 14.2. The summed E-state index contributed by atoms with van der Waals surface area (Å²) in [5, 5.41) is 18.3. The zero-order valence-electron chi connectivity index (χ0n) is 16.1. The lowest BCUT2D eigenvalue weighted by Crippen LogP contribution is -1.81. The standard InChI is InChI=1S/C24H16N2.C2H6/c25-17-23-7-3-1-5-21(23)15-13-19-9-11-20(12-10-19)14-16-22-6-2-4-8-24(22)18-26;1-2/h1-16H;1-2H3/b15-13+,16-14+;. The van der Waals surface area contributed by atoms with Crippen molar-refractivity contribution in [3.63, 3.8) is 0 Å². The topological polar surface area (TPSA) is 47.6 Å². The van der Waals surface area contributed by atoms with Gasteiger partial charge >= 0.3 is 0 Å². The third kappa shape index (κ3) is 5.56. The fourth-order valence-corrected chi connectivity index (χ4v) is 2.58. The van der Waals surface area contributed by atoms with Crippen LogP contribution in [0.25, 0.3) is 24.3 Å². The summed E-state index contributed by atoms with van der Waals surface area (Å²) in [6.07, 6.45) is 7.89. The maximum absolute atomic E-state index is 9.13. The highest BCUT2D eigenvalue weighted by molar-refractivity contribution is 5.75. The quantitative estimate of drug-likeness (QED) is 0.479. The second-order valence-electron chi connectivity index (χ2n) is 5.73. The number of benzene rings is 3. The van der Waals surface area contributed by atoms with Gasteiger partial charge in [0.05, 0.1) is 23.3 Å². The average molecular weight is 362 g/mol. The Labute approximate surface area is 167 Å². The average Bonchev–Trinajstić information content (AvgIpc) is 2.78. The van der Waals surface area contributed by atoms with E-state index in [-0.39, 0.29) is 0 Å². The molecule has 0 saturated heterocycles. The monoisotopic (exact) mass is 362 g/mol. The molecule has 0 amide bonds. The number of nitrogens with zero attached hydrogens (tertiary/aromatic N) is 2. The summed E-state index contributed by atoms with van der Waals surface area (Å²) in [5.41, 5.74) is 5.28. The molecular formula is C26H22N2. The first-order valence-electron chi connectivity index (χ1n) is 9.24. The zero-order valence-corrected chi connectivity index (χ0v) is 16.1. The third-order valence-corrected chi connectivity index (χ3v) is 4.01. The van der Waals surface area contributed by atoms with Gasteiger partial charge in [-0.15, -0.1) is 0 Å². The zero-order chi connectivity index (χ0) is 20.2. The van der Waals surface area contributed by atoms with E-state index in [2.05, 4.69) is 12.1 Å². The van der Waals surface area contributed by atoms with Crippen LogP contribution in [-0.2, 0) is 0 Å². The van der Waals surface area contributed by atoms with Crippen LogP contribution in [-0.4, -0.2) is 0 Å². The second kappa shape index (κ2) is 11.0. The Morgan fingerprint density at radius 3 is 1.25 bits per heavy atom. The van der Waals surface area contributed by atoms with Gasteiger partial charge < -0.3 is 0 Å². The van der Waals surface area contributed by atoms with Gasteiger partial charge in [-0.2, -0.15) is 10.5 Å². The van der Waals surface area contributed by atoms with Crippen LogP contribution in [0.15, 0.2) is 72.8 Å². The third-order valence-electron chi connectivity index (χ3n) is 4.01. The predicted molar refractivity (Wildman–Crippen MR) is 118 cm³/mol. The first kappa shape index (κ1) is 20.4. The molecule has 0 aliphatic carbocycles. The second-order valence-corrected chi connectivity index (χ2v) is 5.73. The lowest BCUT2D eigenvalue weighted by Gasteiger charge is -1.99. The molecule has 0 N–H and O–H groups in total. The minimum absolute atomic E-state index is 0.666. The molecule has 0 aromatic heterocycles. The maximum atomic E-state index is 9.13. The fourth-order valence-electron chi connectivity index (χ4n) is 2.58. The number of hydrogen-bond donors (Lipinski definition) is 0. The van der Waals surface area contributed by atoms with Crippen molar-refractivity contribution in [1.82, 2.24) is 0 Å². The Balaban J connectivity index is 0.00000136. The van der Waals surface area contributed by atoms with Crippen molar-refractivity contribution in [3.05, 3.63) is 106 Å². The number of nitriles is 2. The summed E-state index contributed by atoms with van der Waals surface area (Å²) in [6.45, 7) is 4.00. The van der Waals surface area contributed by atoms with E-state index in [1.165, 1.54) is 0 Å². The highest BCUT2D eigenvalue weighted by Crippen LogP contribution is 2.15. The summed E-state index contributed by atoms with van der Waals surface area (Å²) in [6, 6.07) is 27.6. The molecule has 2 nitrogen and oxygen atoms in total. The maximum Gasteiger partial charge on any atom is 0.0997 e. The van der Waals surface area contributed by atoms with Gasteiger partial charge in [-0.3, -0.25) is 0 Å². The molecule has 0 fully saturated rings. The van der Waals surface area contributed by atoms with E-state index >= 15 is 0 Å². The number of hydrogen-bond acceptors (Lipinski definition) is 2. The summed E-state index contributed by atoms with van der Waals surface area (Å²) in [4.78, 5) is 0. The van der Waals surface area contributed by atoms with Crippen molar-refractivity contribution in [1.29, 1.82) is 10.5 Å². The molecule has 0 aliphatic rings. The minimum Gasteiger partial charge on any atom is -0.192 e. The van der Waals surface area contributed by atoms with Gasteiger partial charge in [0.2, 0.25) is 0 Å². The van der Waals surface area contributed by atoms with Crippen LogP contribution in [0, 0.1) is 22.7 Å². The van der Waals surface area contributed by atoms with Crippen molar-refractivity contribution in [2.45, 2.75) is 13.8 Å². The molecule has 3 aromatic carbocycles. The van der Waals surface area contributed by atoms with E-state index in [4.69, 9.17) is 10.5 Å². The largest absolute Gasteiger partial charge is 0.192 e. The smallest absolute Gasteiger partial charge is 0.0997 e. The Kier molecular flexibility index (Phi) is 8.00. The molecule has 0 saturated carbocycles. The molecule has 0 spiro atoms. The van der Waals surface area contributed by atoms with E-state index < -0.39 is 0 Å². The van der Waals surface area contributed by atoms with Gasteiger partial charge in [-0.05, 0) is 34.4 Å². The van der Waals surface area contributed by atoms with Gasteiger partial charge in [-0.25, -0.2) is 0 Å². The van der Waals surface area contributed by atoms with Crippen LogP contribution >= 0.6 is 0 Å². The Hall–Kier alpha value is -3.88. The van der Waals surface area contributed by atoms with Crippen LogP contribution in [0.4, 0.5) is 0 Å². The molecular weight excluding hydrogens is 340 g/mol. The molecule has 3 rings (SSSR count). The highest BCUT2D eigenvalue weighted by Gasteiger charge is 1.97. The first-order chi connectivity index (χ1) is 13.8. The van der Waals surface area contributed by atoms with E-state index in [0.29, 0.717) is 11.1 Å². The van der Waals surface area contributed by atoms with Crippen LogP contribution in [0.5, 0.6) is 0 Å². The molecule has 2 heteroatoms. The normalized spacial score (nSPS) is 10.1. The Bertz CT molecular complexity index is 956. The number of rotatable bonds is 4. The van der Waals surface area contributed by atoms with E-state index in [1.807, 2.05) is 111 Å². The molecule has 0 radical (unpaired) electrons. The van der Waals surface area contributed by atoms with E-state index in [0.717, 1.165) is 22.3 Å². The van der Waals surface area contributed by atoms with Crippen LogP contribution < -0.4 is 0 Å². The summed E-state index contributed by atoms with van der Waals surface area (Å²) < 4.78 is 0.